The first-order valence-electron chi connectivity index (χ1n) is 6.05. The van der Waals surface area contributed by atoms with Crippen LogP contribution in [-0.4, -0.2) is 20.3 Å². The molecule has 6 heteroatoms. The van der Waals surface area contributed by atoms with Crippen LogP contribution in [0, 0.1) is 5.92 Å². The molecule has 1 fully saturated rings. The molecule has 1 heterocycles. The molecule has 0 radical (unpaired) electrons. The second-order valence-electron chi connectivity index (χ2n) is 4.63. The first kappa shape index (κ1) is 14.8. The highest BCUT2D eigenvalue weighted by atomic mass is 79.9. The number of hydrogen-bond donors (Lipinski definition) is 1. The summed E-state index contributed by atoms with van der Waals surface area (Å²) in [5.41, 5.74) is 0.0118. The highest BCUT2D eigenvalue weighted by Gasteiger charge is 2.34. The molecule has 2 rings (SSSR count). The zero-order valence-electron chi connectivity index (χ0n) is 10.4. The van der Waals surface area contributed by atoms with Crippen molar-refractivity contribution in [3.63, 3.8) is 0 Å². The van der Waals surface area contributed by atoms with Crippen molar-refractivity contribution in [3.8, 4) is 0 Å². The molecule has 2 nitrogen and oxygen atoms in total. The fourth-order valence-electron chi connectivity index (χ4n) is 2.44. The highest BCUT2D eigenvalue weighted by molar-refractivity contribution is 9.10. The summed E-state index contributed by atoms with van der Waals surface area (Å²) in [6, 6.07) is 4.28. The van der Waals surface area contributed by atoms with Crippen molar-refractivity contribution in [2.75, 3.05) is 20.3 Å². The van der Waals surface area contributed by atoms with Crippen LogP contribution in [0.15, 0.2) is 22.7 Å². The van der Waals surface area contributed by atoms with Gasteiger partial charge in [-0.05, 0) is 31.2 Å². The molecule has 1 saturated heterocycles. The van der Waals surface area contributed by atoms with Crippen LogP contribution in [0.4, 0.5) is 13.2 Å². The average Bonchev–Trinajstić information content (AvgIpc) is 2.84. The summed E-state index contributed by atoms with van der Waals surface area (Å²) in [6.07, 6.45) is -3.48. The number of ether oxygens (including phenoxy) is 1. The molecule has 1 aromatic carbocycles. The molecule has 2 unspecified atom stereocenters. The van der Waals surface area contributed by atoms with E-state index in [2.05, 4.69) is 21.2 Å². The molecule has 0 amide bonds. The van der Waals surface area contributed by atoms with E-state index >= 15 is 0 Å². The van der Waals surface area contributed by atoms with Gasteiger partial charge in [-0.2, -0.15) is 13.2 Å². The number of nitrogens with one attached hydrogen (secondary N) is 1. The van der Waals surface area contributed by atoms with E-state index < -0.39 is 11.7 Å². The summed E-state index contributed by atoms with van der Waals surface area (Å²) in [6.45, 7) is 1.26. The fraction of sp³-hybridized carbons (Fsp3) is 0.538. The van der Waals surface area contributed by atoms with Gasteiger partial charge in [-0.25, -0.2) is 0 Å². The Morgan fingerprint density at radius 2 is 2.16 bits per heavy atom. The molecular formula is C13H15BrF3NO. The van der Waals surface area contributed by atoms with E-state index in [-0.39, 0.29) is 16.4 Å². The van der Waals surface area contributed by atoms with Crippen molar-refractivity contribution in [2.45, 2.75) is 18.6 Å². The van der Waals surface area contributed by atoms with Gasteiger partial charge in [-0.3, -0.25) is 0 Å². The van der Waals surface area contributed by atoms with E-state index in [0.717, 1.165) is 6.42 Å². The van der Waals surface area contributed by atoms with E-state index in [4.69, 9.17) is 4.74 Å². The maximum atomic E-state index is 12.9. The molecule has 19 heavy (non-hydrogen) atoms. The molecule has 1 aromatic rings. The lowest BCUT2D eigenvalue weighted by molar-refractivity contribution is -0.138. The maximum absolute atomic E-state index is 12.9. The van der Waals surface area contributed by atoms with Gasteiger partial charge in [-0.15, -0.1) is 0 Å². The summed E-state index contributed by atoms with van der Waals surface area (Å²) in [5, 5.41) is 3.10. The van der Waals surface area contributed by atoms with Gasteiger partial charge in [0.25, 0.3) is 0 Å². The van der Waals surface area contributed by atoms with Gasteiger partial charge in [0.2, 0.25) is 0 Å². The van der Waals surface area contributed by atoms with Gasteiger partial charge in [-0.1, -0.05) is 22.0 Å². The minimum absolute atomic E-state index is 0.0706. The highest BCUT2D eigenvalue weighted by Crippen LogP contribution is 2.38. The lowest BCUT2D eigenvalue weighted by Crippen LogP contribution is -2.26. The topological polar surface area (TPSA) is 21.3 Å². The summed E-state index contributed by atoms with van der Waals surface area (Å²) in [5.74, 6) is 0.215. The number of halogens is 4. The van der Waals surface area contributed by atoms with Gasteiger partial charge >= 0.3 is 6.18 Å². The number of hydrogen-bond acceptors (Lipinski definition) is 2. The minimum atomic E-state index is -4.35. The average molecular weight is 338 g/mol. The largest absolute Gasteiger partial charge is 0.417 e. The minimum Gasteiger partial charge on any atom is -0.381 e. The van der Waals surface area contributed by atoms with Gasteiger partial charge in [0.1, 0.15) is 0 Å². The van der Waals surface area contributed by atoms with E-state index in [1.165, 1.54) is 12.1 Å². The van der Waals surface area contributed by atoms with Crippen molar-refractivity contribution in [2.24, 2.45) is 5.92 Å². The molecule has 1 N–H and O–H groups in total. The van der Waals surface area contributed by atoms with E-state index in [1.807, 2.05) is 0 Å². The van der Waals surface area contributed by atoms with Crippen LogP contribution in [0.5, 0.6) is 0 Å². The van der Waals surface area contributed by atoms with E-state index in [9.17, 15) is 13.2 Å². The zero-order valence-corrected chi connectivity index (χ0v) is 12.0. The van der Waals surface area contributed by atoms with E-state index in [1.54, 1.807) is 13.1 Å². The summed E-state index contributed by atoms with van der Waals surface area (Å²) in [4.78, 5) is 0. The molecule has 0 aromatic heterocycles. The molecule has 1 aliphatic heterocycles. The Labute approximate surface area is 118 Å². The zero-order chi connectivity index (χ0) is 14.0. The van der Waals surface area contributed by atoms with Crippen LogP contribution in [-0.2, 0) is 10.9 Å². The van der Waals surface area contributed by atoms with Gasteiger partial charge in [0.05, 0.1) is 12.2 Å². The Morgan fingerprint density at radius 1 is 1.42 bits per heavy atom. The molecule has 0 spiro atoms. The Hall–Kier alpha value is -0.590. The third-order valence-electron chi connectivity index (χ3n) is 3.40. The first-order valence-corrected chi connectivity index (χ1v) is 6.84. The van der Waals surface area contributed by atoms with E-state index in [0.29, 0.717) is 18.8 Å². The second-order valence-corrected chi connectivity index (χ2v) is 5.48. The fourth-order valence-corrected chi connectivity index (χ4v) is 2.92. The summed E-state index contributed by atoms with van der Waals surface area (Å²) in [7, 11) is 1.76. The van der Waals surface area contributed by atoms with Crippen LogP contribution >= 0.6 is 15.9 Å². The normalized spacial score (nSPS) is 21.6. The SMILES string of the molecule is CNC(c1ccc(Br)c(C(F)(F)F)c1)C1CCOC1. The van der Waals surface area contributed by atoms with Crippen LogP contribution in [0.2, 0.25) is 0 Å². The maximum Gasteiger partial charge on any atom is 0.417 e. The first-order chi connectivity index (χ1) is 8.93. The predicted molar refractivity (Wildman–Crippen MR) is 69.9 cm³/mol. The van der Waals surface area contributed by atoms with Crippen molar-refractivity contribution in [1.29, 1.82) is 0 Å². The van der Waals surface area contributed by atoms with Crippen LogP contribution in [0.1, 0.15) is 23.6 Å². The third kappa shape index (κ3) is 3.30. The predicted octanol–water partition coefficient (Wildman–Crippen LogP) is 3.76. The Kier molecular flexibility index (Phi) is 4.53. The van der Waals surface area contributed by atoms with Gasteiger partial charge in [0.15, 0.2) is 0 Å². The molecule has 2 atom stereocenters. The molecule has 0 aliphatic carbocycles. The number of alkyl halides is 3. The van der Waals surface area contributed by atoms with Crippen molar-refractivity contribution in [3.05, 3.63) is 33.8 Å². The van der Waals surface area contributed by atoms with Crippen LogP contribution in [0.25, 0.3) is 0 Å². The van der Waals surface area contributed by atoms with Gasteiger partial charge in [0, 0.05) is 23.0 Å². The summed E-state index contributed by atoms with van der Waals surface area (Å²) < 4.78 is 44.1. The molecule has 1 aliphatic rings. The van der Waals surface area contributed by atoms with Crippen LogP contribution < -0.4 is 5.32 Å². The molecule has 0 saturated carbocycles. The molecule has 106 valence electrons. The second kappa shape index (κ2) is 5.81. The molecular weight excluding hydrogens is 323 g/mol. The Bertz CT molecular complexity index is 444. The summed E-state index contributed by atoms with van der Waals surface area (Å²) >= 11 is 2.96. The third-order valence-corrected chi connectivity index (χ3v) is 4.09. The lowest BCUT2D eigenvalue weighted by Gasteiger charge is -2.23. The van der Waals surface area contributed by atoms with Crippen molar-refractivity contribution in [1.82, 2.24) is 5.32 Å². The Morgan fingerprint density at radius 3 is 2.68 bits per heavy atom. The lowest BCUT2D eigenvalue weighted by atomic mass is 9.91. The Balaban J connectivity index is 2.33. The number of rotatable bonds is 3. The quantitative estimate of drug-likeness (QED) is 0.906. The molecule has 0 bridgehead atoms. The van der Waals surface area contributed by atoms with Crippen molar-refractivity contribution >= 4 is 15.9 Å². The van der Waals surface area contributed by atoms with Gasteiger partial charge < -0.3 is 10.1 Å². The van der Waals surface area contributed by atoms with Crippen molar-refractivity contribution < 1.29 is 17.9 Å². The number of benzene rings is 1. The van der Waals surface area contributed by atoms with Crippen LogP contribution in [0.3, 0.4) is 0 Å². The monoisotopic (exact) mass is 337 g/mol. The smallest absolute Gasteiger partial charge is 0.381 e. The standard InChI is InChI=1S/C13H15BrF3NO/c1-18-12(9-4-5-19-7-9)8-2-3-11(14)10(6-8)13(15,16)17/h2-3,6,9,12,18H,4-5,7H2,1H3.